The van der Waals surface area contributed by atoms with Gasteiger partial charge in [0.1, 0.15) is 0 Å². The topological polar surface area (TPSA) is 68.7 Å². The van der Waals surface area contributed by atoms with Crippen molar-refractivity contribution in [2.24, 2.45) is 0 Å². The van der Waals surface area contributed by atoms with Crippen LogP contribution in [0.15, 0.2) is 23.1 Å². The van der Waals surface area contributed by atoms with Crippen LogP contribution in [0.3, 0.4) is 0 Å². The number of thiazole rings is 1. The Labute approximate surface area is 164 Å². The van der Waals surface area contributed by atoms with Gasteiger partial charge in [-0.1, -0.05) is 0 Å². The van der Waals surface area contributed by atoms with Crippen molar-refractivity contribution in [2.75, 3.05) is 44.4 Å². The van der Waals surface area contributed by atoms with Gasteiger partial charge in [-0.15, -0.1) is 11.3 Å². The number of anilines is 1. The van der Waals surface area contributed by atoms with Crippen molar-refractivity contribution in [1.82, 2.24) is 4.98 Å². The number of benzene rings is 1. The van der Waals surface area contributed by atoms with Crippen LogP contribution in [0.5, 0.6) is 0 Å². The molecule has 0 radical (unpaired) electrons. The molecular formula is C19H24N2O4S2. The molecule has 27 heavy (non-hydrogen) atoms. The van der Waals surface area contributed by atoms with Gasteiger partial charge in [0, 0.05) is 25.4 Å². The molecule has 0 N–H and O–H groups in total. The first-order valence-corrected chi connectivity index (χ1v) is 11.6. The van der Waals surface area contributed by atoms with Crippen molar-refractivity contribution in [3.05, 3.63) is 28.9 Å². The predicted molar refractivity (Wildman–Crippen MR) is 106 cm³/mol. The zero-order valence-electron chi connectivity index (χ0n) is 15.6. The molecule has 0 spiro atoms. The van der Waals surface area contributed by atoms with Gasteiger partial charge in [0.15, 0.2) is 9.84 Å². The van der Waals surface area contributed by atoms with Crippen molar-refractivity contribution in [2.45, 2.75) is 30.4 Å². The number of nitrogens with zero attached hydrogens (tertiary/aromatic N) is 2. The Morgan fingerprint density at radius 2 is 1.89 bits per heavy atom. The number of sulfone groups is 1. The number of rotatable bonds is 4. The van der Waals surface area contributed by atoms with E-state index in [2.05, 4.69) is 16.0 Å². The number of hydrogen-bond acceptors (Lipinski definition) is 7. The molecule has 1 aromatic carbocycles. The van der Waals surface area contributed by atoms with E-state index in [0.29, 0.717) is 31.1 Å². The van der Waals surface area contributed by atoms with E-state index in [4.69, 9.17) is 9.47 Å². The molecule has 3 heterocycles. The first-order chi connectivity index (χ1) is 12.9. The molecule has 1 atom stereocenters. The summed E-state index contributed by atoms with van der Waals surface area (Å²) in [6.07, 6.45) is 0.554. The Kier molecular flexibility index (Phi) is 5.24. The Morgan fingerprint density at radius 1 is 1.11 bits per heavy atom. The van der Waals surface area contributed by atoms with Crippen molar-refractivity contribution < 1.29 is 17.9 Å². The maximum Gasteiger partial charge on any atom is 0.183 e. The minimum atomic E-state index is -3.44. The maximum atomic E-state index is 13.2. The summed E-state index contributed by atoms with van der Waals surface area (Å²) in [6, 6.07) is 5.69. The third-order valence-corrected chi connectivity index (χ3v) is 8.35. The van der Waals surface area contributed by atoms with Gasteiger partial charge < -0.3 is 14.4 Å². The largest absolute Gasteiger partial charge is 0.380 e. The third-order valence-electron chi connectivity index (χ3n) is 5.09. The van der Waals surface area contributed by atoms with E-state index in [0.717, 1.165) is 39.9 Å². The molecule has 0 amide bonds. The minimum Gasteiger partial charge on any atom is -0.380 e. The van der Waals surface area contributed by atoms with Crippen LogP contribution in [0.25, 0.3) is 10.4 Å². The van der Waals surface area contributed by atoms with Crippen molar-refractivity contribution >= 4 is 26.9 Å². The molecule has 8 heteroatoms. The Morgan fingerprint density at radius 3 is 2.52 bits per heavy atom. The highest BCUT2D eigenvalue weighted by atomic mass is 32.2. The lowest BCUT2D eigenvalue weighted by molar-refractivity contribution is 0.122. The Balaban J connectivity index is 1.82. The van der Waals surface area contributed by atoms with Crippen molar-refractivity contribution in [1.29, 1.82) is 0 Å². The van der Waals surface area contributed by atoms with Crippen LogP contribution in [0.2, 0.25) is 0 Å². The second-order valence-electron chi connectivity index (χ2n) is 6.99. The van der Waals surface area contributed by atoms with Crippen molar-refractivity contribution in [3.8, 4) is 10.4 Å². The van der Waals surface area contributed by atoms with Gasteiger partial charge in [0.2, 0.25) is 0 Å². The number of ether oxygens (including phenoxy) is 2. The first-order valence-electron chi connectivity index (χ1n) is 9.19. The van der Waals surface area contributed by atoms with Crippen LogP contribution in [0.4, 0.5) is 5.69 Å². The van der Waals surface area contributed by atoms with Gasteiger partial charge in [-0.25, -0.2) is 13.4 Å². The highest BCUT2D eigenvalue weighted by molar-refractivity contribution is 7.92. The molecule has 2 aliphatic rings. The molecule has 4 rings (SSSR count). The molecule has 0 saturated carbocycles. The highest BCUT2D eigenvalue weighted by Crippen LogP contribution is 2.36. The van der Waals surface area contributed by atoms with Gasteiger partial charge in [-0.3, -0.25) is 0 Å². The van der Waals surface area contributed by atoms with E-state index in [1.54, 1.807) is 17.4 Å². The summed E-state index contributed by atoms with van der Waals surface area (Å²) in [6.45, 7) is 7.56. The molecule has 0 aliphatic carbocycles. The fraction of sp³-hybridized carbons (Fsp3) is 0.526. The Hall–Kier alpha value is -1.48. The predicted octanol–water partition coefficient (Wildman–Crippen LogP) is 2.83. The monoisotopic (exact) mass is 408 g/mol. The number of aromatic nitrogens is 1. The number of morpholine rings is 1. The van der Waals surface area contributed by atoms with Crippen molar-refractivity contribution in [3.63, 3.8) is 0 Å². The zero-order valence-corrected chi connectivity index (χ0v) is 17.2. The second kappa shape index (κ2) is 7.50. The average Bonchev–Trinajstić information content (AvgIpc) is 3.32. The van der Waals surface area contributed by atoms with Gasteiger partial charge in [0.05, 0.1) is 45.5 Å². The van der Waals surface area contributed by atoms with Crippen LogP contribution < -0.4 is 4.90 Å². The summed E-state index contributed by atoms with van der Waals surface area (Å²) in [4.78, 5) is 8.12. The summed E-state index contributed by atoms with van der Waals surface area (Å²) >= 11 is 1.60. The van der Waals surface area contributed by atoms with E-state index in [9.17, 15) is 8.42 Å². The highest BCUT2D eigenvalue weighted by Gasteiger charge is 2.32. The molecule has 0 unspecified atom stereocenters. The third kappa shape index (κ3) is 3.76. The van der Waals surface area contributed by atoms with E-state index >= 15 is 0 Å². The minimum absolute atomic E-state index is 0.276. The standard InChI is InChI=1S/C19H24N2O4S2/c1-13-19(26-14(2)20-13)15-9-16(21-4-7-24-8-5-21)11-18(10-15)27(22,23)17-3-6-25-12-17/h9-11,17H,3-8,12H2,1-2H3/t17-/m1/s1. The quantitative estimate of drug-likeness (QED) is 0.775. The summed E-state index contributed by atoms with van der Waals surface area (Å²) in [5.41, 5.74) is 2.78. The fourth-order valence-corrected chi connectivity index (χ4v) is 6.18. The van der Waals surface area contributed by atoms with E-state index < -0.39 is 15.1 Å². The average molecular weight is 409 g/mol. The van der Waals surface area contributed by atoms with Gasteiger partial charge in [0.25, 0.3) is 0 Å². The van der Waals surface area contributed by atoms with E-state index in [1.165, 1.54) is 0 Å². The van der Waals surface area contributed by atoms with Crippen LogP contribution in [-0.4, -0.2) is 58.2 Å². The summed E-state index contributed by atoms with van der Waals surface area (Å²) in [5, 5.41) is 0.516. The van der Waals surface area contributed by atoms with Gasteiger partial charge >= 0.3 is 0 Å². The van der Waals surface area contributed by atoms with E-state index in [1.807, 2.05) is 19.9 Å². The van der Waals surface area contributed by atoms with Crippen LogP contribution >= 0.6 is 11.3 Å². The maximum absolute atomic E-state index is 13.2. The summed E-state index contributed by atoms with van der Waals surface area (Å²) in [5.74, 6) is 0. The molecule has 2 aliphatic heterocycles. The molecule has 2 fully saturated rings. The molecule has 146 valence electrons. The molecule has 6 nitrogen and oxygen atoms in total. The summed E-state index contributed by atoms with van der Waals surface area (Å²) < 4.78 is 37.2. The first kappa shape index (κ1) is 18.9. The zero-order chi connectivity index (χ0) is 19.0. The molecule has 2 aromatic rings. The lowest BCUT2D eigenvalue weighted by Crippen LogP contribution is -2.36. The molecular weight excluding hydrogens is 384 g/mol. The SMILES string of the molecule is Cc1nc(C)c(-c2cc(N3CCOCC3)cc(S(=O)(=O)[C@@H]3CCOC3)c2)s1. The lowest BCUT2D eigenvalue weighted by atomic mass is 10.1. The van der Waals surface area contributed by atoms with Crippen LogP contribution in [-0.2, 0) is 19.3 Å². The smallest absolute Gasteiger partial charge is 0.183 e. The molecule has 1 aromatic heterocycles. The number of hydrogen-bond donors (Lipinski definition) is 0. The van der Waals surface area contributed by atoms with Crippen LogP contribution in [0.1, 0.15) is 17.1 Å². The number of aryl methyl sites for hydroxylation is 2. The normalized spacial score (nSPS) is 21.0. The molecule has 0 bridgehead atoms. The summed E-state index contributed by atoms with van der Waals surface area (Å²) in [7, 11) is -3.44. The lowest BCUT2D eigenvalue weighted by Gasteiger charge is -2.29. The Bertz CT molecular complexity index is 927. The van der Waals surface area contributed by atoms with E-state index in [-0.39, 0.29) is 6.61 Å². The van der Waals surface area contributed by atoms with Gasteiger partial charge in [-0.05, 0) is 44.0 Å². The fourth-order valence-electron chi connectivity index (χ4n) is 3.63. The van der Waals surface area contributed by atoms with Crippen LogP contribution in [0, 0.1) is 13.8 Å². The second-order valence-corrected chi connectivity index (χ2v) is 10.4. The molecule has 2 saturated heterocycles. The van der Waals surface area contributed by atoms with Gasteiger partial charge in [-0.2, -0.15) is 0 Å².